The maximum Gasteiger partial charge on any atom is 0.0795 e. The molecule has 0 bridgehead atoms. The molecule has 0 radical (unpaired) electrons. The van der Waals surface area contributed by atoms with Gasteiger partial charge in [0.05, 0.1) is 12.7 Å². The van der Waals surface area contributed by atoms with Crippen LogP contribution in [0.25, 0.3) is 0 Å². The smallest absolute Gasteiger partial charge is 0.0795 e. The van der Waals surface area contributed by atoms with Gasteiger partial charge in [0.2, 0.25) is 0 Å². The van der Waals surface area contributed by atoms with E-state index in [1.165, 1.54) is 0 Å². The van der Waals surface area contributed by atoms with E-state index in [1.807, 2.05) is 13.8 Å². The summed E-state index contributed by atoms with van der Waals surface area (Å²) in [4.78, 5) is 0. The largest absolute Gasteiger partial charge is 0.391 e. The molecule has 0 heterocycles. The maximum atomic E-state index is 9.20. The van der Waals surface area contributed by atoms with E-state index in [9.17, 15) is 5.11 Å². The van der Waals surface area contributed by atoms with Crippen LogP contribution in [0.1, 0.15) is 20.3 Å². The van der Waals surface area contributed by atoms with Crippen molar-refractivity contribution in [1.29, 1.82) is 0 Å². The minimum Gasteiger partial charge on any atom is -0.391 e. The lowest BCUT2D eigenvalue weighted by molar-refractivity contribution is 0.0191. The Morgan fingerprint density at radius 3 is 2.36 bits per heavy atom. The molecule has 0 amide bonds. The fraction of sp³-hybridized carbons (Fsp3) is 1.00. The van der Waals surface area contributed by atoms with Gasteiger partial charge in [0.1, 0.15) is 0 Å². The SMILES string of the molecule is CCOCCC(O)COCC. The Balaban J connectivity index is 3.02. The first kappa shape index (κ1) is 10.9. The molecule has 0 fully saturated rings. The van der Waals surface area contributed by atoms with Crippen LogP contribution in [0.3, 0.4) is 0 Å². The van der Waals surface area contributed by atoms with Gasteiger partial charge in [0.15, 0.2) is 0 Å². The van der Waals surface area contributed by atoms with Crippen molar-refractivity contribution in [1.82, 2.24) is 0 Å². The molecule has 1 atom stereocenters. The highest BCUT2D eigenvalue weighted by atomic mass is 16.5. The van der Waals surface area contributed by atoms with Crippen molar-refractivity contribution in [2.75, 3.05) is 26.4 Å². The lowest BCUT2D eigenvalue weighted by Gasteiger charge is -2.09. The molecular weight excluding hydrogens is 144 g/mol. The summed E-state index contributed by atoms with van der Waals surface area (Å²) in [7, 11) is 0. The van der Waals surface area contributed by atoms with Crippen molar-refractivity contribution in [2.24, 2.45) is 0 Å². The summed E-state index contributed by atoms with van der Waals surface area (Å²) in [5.74, 6) is 0. The zero-order valence-electron chi connectivity index (χ0n) is 7.38. The second-order valence-corrected chi connectivity index (χ2v) is 2.30. The molecule has 0 spiro atoms. The second-order valence-electron chi connectivity index (χ2n) is 2.30. The van der Waals surface area contributed by atoms with Crippen LogP contribution in [0.4, 0.5) is 0 Å². The van der Waals surface area contributed by atoms with E-state index in [0.29, 0.717) is 32.8 Å². The van der Waals surface area contributed by atoms with Crippen LogP contribution in [0.5, 0.6) is 0 Å². The van der Waals surface area contributed by atoms with Crippen molar-refractivity contribution < 1.29 is 14.6 Å². The number of hydrogen-bond donors (Lipinski definition) is 1. The van der Waals surface area contributed by atoms with E-state index < -0.39 is 0 Å². The molecule has 1 N–H and O–H groups in total. The van der Waals surface area contributed by atoms with Gasteiger partial charge in [-0.05, 0) is 20.3 Å². The topological polar surface area (TPSA) is 38.7 Å². The standard InChI is InChI=1S/C8H18O3/c1-3-10-6-5-8(9)7-11-4-2/h8-9H,3-7H2,1-2H3. The van der Waals surface area contributed by atoms with Gasteiger partial charge in [-0.25, -0.2) is 0 Å². The van der Waals surface area contributed by atoms with Crippen molar-refractivity contribution in [3.05, 3.63) is 0 Å². The number of aliphatic hydroxyl groups excluding tert-OH is 1. The van der Waals surface area contributed by atoms with E-state index in [0.717, 1.165) is 0 Å². The molecular formula is C8H18O3. The fourth-order valence-corrected chi connectivity index (χ4v) is 0.701. The molecule has 0 saturated carbocycles. The van der Waals surface area contributed by atoms with Gasteiger partial charge in [-0.15, -0.1) is 0 Å². The van der Waals surface area contributed by atoms with Crippen molar-refractivity contribution in [2.45, 2.75) is 26.4 Å². The van der Waals surface area contributed by atoms with Gasteiger partial charge in [-0.1, -0.05) is 0 Å². The molecule has 0 aliphatic carbocycles. The number of hydrogen-bond acceptors (Lipinski definition) is 3. The zero-order valence-corrected chi connectivity index (χ0v) is 7.38. The summed E-state index contributed by atoms with van der Waals surface area (Å²) in [6, 6.07) is 0. The zero-order chi connectivity index (χ0) is 8.53. The van der Waals surface area contributed by atoms with Gasteiger partial charge >= 0.3 is 0 Å². The predicted octanol–water partition coefficient (Wildman–Crippen LogP) is 0.810. The van der Waals surface area contributed by atoms with Gasteiger partial charge in [0, 0.05) is 19.8 Å². The quantitative estimate of drug-likeness (QED) is 0.563. The number of ether oxygens (including phenoxy) is 2. The predicted molar refractivity (Wildman–Crippen MR) is 43.6 cm³/mol. The highest BCUT2D eigenvalue weighted by Crippen LogP contribution is 1.93. The summed E-state index contributed by atoms with van der Waals surface area (Å²) in [6.07, 6.45) is 0.287. The highest BCUT2D eigenvalue weighted by molar-refractivity contribution is 4.51. The average Bonchev–Trinajstić information content (AvgIpc) is 2.01. The molecule has 0 aliphatic heterocycles. The minimum absolute atomic E-state index is 0.374. The Kier molecular flexibility index (Phi) is 7.89. The minimum atomic E-state index is -0.374. The molecule has 0 saturated heterocycles. The first-order valence-corrected chi connectivity index (χ1v) is 4.14. The monoisotopic (exact) mass is 162 g/mol. The maximum absolute atomic E-state index is 9.20. The molecule has 0 aromatic rings. The van der Waals surface area contributed by atoms with Crippen molar-refractivity contribution in [3.8, 4) is 0 Å². The third-order valence-electron chi connectivity index (χ3n) is 1.31. The van der Waals surface area contributed by atoms with Gasteiger partial charge < -0.3 is 14.6 Å². The molecule has 68 valence electrons. The first-order chi connectivity index (χ1) is 5.31. The van der Waals surface area contributed by atoms with Gasteiger partial charge in [-0.3, -0.25) is 0 Å². The average molecular weight is 162 g/mol. The van der Waals surface area contributed by atoms with Crippen molar-refractivity contribution >= 4 is 0 Å². The van der Waals surface area contributed by atoms with E-state index in [1.54, 1.807) is 0 Å². The van der Waals surface area contributed by atoms with Crippen LogP contribution in [0, 0.1) is 0 Å². The third kappa shape index (κ3) is 7.78. The fourth-order valence-electron chi connectivity index (χ4n) is 0.701. The Morgan fingerprint density at radius 2 is 1.82 bits per heavy atom. The van der Waals surface area contributed by atoms with E-state index in [-0.39, 0.29) is 6.10 Å². The van der Waals surface area contributed by atoms with Crippen LogP contribution >= 0.6 is 0 Å². The molecule has 0 rings (SSSR count). The van der Waals surface area contributed by atoms with E-state index in [2.05, 4.69) is 0 Å². The van der Waals surface area contributed by atoms with Gasteiger partial charge in [-0.2, -0.15) is 0 Å². The Labute approximate surface area is 68.3 Å². The lowest BCUT2D eigenvalue weighted by Crippen LogP contribution is -2.17. The highest BCUT2D eigenvalue weighted by Gasteiger charge is 2.02. The summed E-state index contributed by atoms with van der Waals surface area (Å²) in [5, 5.41) is 9.20. The molecule has 1 unspecified atom stereocenters. The number of aliphatic hydroxyl groups is 1. The first-order valence-electron chi connectivity index (χ1n) is 4.14. The molecule has 0 aromatic carbocycles. The summed E-state index contributed by atoms with van der Waals surface area (Å²) >= 11 is 0. The molecule has 3 heteroatoms. The molecule has 0 aliphatic rings. The molecule has 11 heavy (non-hydrogen) atoms. The third-order valence-corrected chi connectivity index (χ3v) is 1.31. The normalized spacial score (nSPS) is 13.4. The Bertz CT molecular complexity index is 75.7. The summed E-state index contributed by atoms with van der Waals surface area (Å²) in [6.45, 7) is 6.26. The van der Waals surface area contributed by atoms with Crippen LogP contribution < -0.4 is 0 Å². The lowest BCUT2D eigenvalue weighted by atomic mass is 10.3. The van der Waals surface area contributed by atoms with Crippen LogP contribution in [-0.2, 0) is 9.47 Å². The van der Waals surface area contributed by atoms with Crippen LogP contribution in [-0.4, -0.2) is 37.6 Å². The van der Waals surface area contributed by atoms with E-state index in [4.69, 9.17) is 9.47 Å². The summed E-state index contributed by atoms with van der Waals surface area (Å²) in [5.41, 5.74) is 0. The van der Waals surface area contributed by atoms with Crippen LogP contribution in [0.15, 0.2) is 0 Å². The van der Waals surface area contributed by atoms with Crippen LogP contribution in [0.2, 0.25) is 0 Å². The Hall–Kier alpha value is -0.120. The number of rotatable bonds is 7. The summed E-state index contributed by atoms with van der Waals surface area (Å²) < 4.78 is 10.1. The van der Waals surface area contributed by atoms with Crippen molar-refractivity contribution in [3.63, 3.8) is 0 Å². The molecule has 3 nitrogen and oxygen atoms in total. The Morgan fingerprint density at radius 1 is 1.18 bits per heavy atom. The van der Waals surface area contributed by atoms with E-state index >= 15 is 0 Å². The molecule has 0 aromatic heterocycles. The van der Waals surface area contributed by atoms with Gasteiger partial charge in [0.25, 0.3) is 0 Å². The second kappa shape index (κ2) is 7.98.